The average molecular weight is 311 g/mol. The normalized spacial score (nSPS) is 11.9. The van der Waals surface area contributed by atoms with Crippen LogP contribution in [0.3, 0.4) is 0 Å². The van der Waals surface area contributed by atoms with Gasteiger partial charge in [-0.1, -0.05) is 6.92 Å². The quantitative estimate of drug-likeness (QED) is 0.726. The van der Waals surface area contributed by atoms with Gasteiger partial charge < -0.3 is 14.3 Å². The number of furan rings is 1. The summed E-state index contributed by atoms with van der Waals surface area (Å²) in [5.41, 5.74) is 1.73. The van der Waals surface area contributed by atoms with Crippen molar-refractivity contribution in [3.05, 3.63) is 42.1 Å². The van der Waals surface area contributed by atoms with Crippen molar-refractivity contribution in [2.75, 3.05) is 6.54 Å². The zero-order valence-electron chi connectivity index (χ0n) is 12.3. The Morgan fingerprint density at radius 2 is 2.14 bits per heavy atom. The Bertz CT molecular complexity index is 660. The van der Waals surface area contributed by atoms with Gasteiger partial charge in [0.1, 0.15) is 0 Å². The Labute approximate surface area is 125 Å². The molecule has 0 radical (unpaired) electrons. The van der Waals surface area contributed by atoms with E-state index in [9.17, 15) is 8.42 Å². The molecule has 2 aromatic rings. The lowest BCUT2D eigenvalue weighted by Gasteiger charge is -2.03. The van der Waals surface area contributed by atoms with Gasteiger partial charge in [-0.3, -0.25) is 0 Å². The second-order valence-electron chi connectivity index (χ2n) is 4.91. The maximum atomic E-state index is 12.2. The van der Waals surface area contributed by atoms with E-state index in [2.05, 4.69) is 17.0 Å². The van der Waals surface area contributed by atoms with Crippen LogP contribution in [0.15, 0.2) is 40.2 Å². The number of nitrogens with one attached hydrogen (secondary N) is 2. The molecule has 0 spiro atoms. The highest BCUT2D eigenvalue weighted by Crippen LogP contribution is 2.14. The molecule has 0 amide bonds. The summed E-state index contributed by atoms with van der Waals surface area (Å²) in [4.78, 5) is 0.279. The molecule has 21 heavy (non-hydrogen) atoms. The molecule has 7 heteroatoms. The lowest BCUT2D eigenvalue weighted by atomic mass is 10.4. The van der Waals surface area contributed by atoms with E-state index < -0.39 is 10.0 Å². The molecule has 0 saturated heterocycles. The first-order valence-corrected chi connectivity index (χ1v) is 8.38. The first kappa shape index (κ1) is 15.8. The second kappa shape index (κ2) is 6.93. The summed E-state index contributed by atoms with van der Waals surface area (Å²) < 4.78 is 33.8. The number of nitrogens with zero attached hydrogens (tertiary/aromatic N) is 1. The molecule has 0 unspecified atom stereocenters. The highest BCUT2D eigenvalue weighted by molar-refractivity contribution is 7.89. The van der Waals surface area contributed by atoms with Gasteiger partial charge in [-0.05, 0) is 25.1 Å². The first-order valence-electron chi connectivity index (χ1n) is 6.89. The Morgan fingerprint density at radius 1 is 1.33 bits per heavy atom. The summed E-state index contributed by atoms with van der Waals surface area (Å²) >= 11 is 0. The van der Waals surface area contributed by atoms with Gasteiger partial charge in [0.15, 0.2) is 0 Å². The van der Waals surface area contributed by atoms with E-state index in [4.69, 9.17) is 4.42 Å². The van der Waals surface area contributed by atoms with E-state index in [1.165, 1.54) is 12.5 Å². The lowest BCUT2D eigenvalue weighted by Crippen LogP contribution is -2.22. The molecule has 2 rings (SSSR count). The Balaban J connectivity index is 2.04. The number of hydrogen-bond acceptors (Lipinski definition) is 4. The van der Waals surface area contributed by atoms with E-state index in [0.717, 1.165) is 24.2 Å². The molecule has 2 aromatic heterocycles. The van der Waals surface area contributed by atoms with E-state index in [1.54, 1.807) is 18.3 Å². The largest absolute Gasteiger partial charge is 0.472 e. The molecule has 0 bridgehead atoms. The standard InChI is InChI=1S/C14H21N3O3S/c1-3-5-15-9-13-7-14(10-17(13)2)21(18,19)16-8-12-4-6-20-11-12/h4,6-7,10-11,15-16H,3,5,8-9H2,1-2H3. The molecule has 0 aromatic carbocycles. The van der Waals surface area contributed by atoms with Crippen LogP contribution in [0, 0.1) is 0 Å². The number of hydrogen-bond donors (Lipinski definition) is 2. The van der Waals surface area contributed by atoms with Gasteiger partial charge in [-0.25, -0.2) is 13.1 Å². The van der Waals surface area contributed by atoms with Crippen molar-refractivity contribution in [3.63, 3.8) is 0 Å². The topological polar surface area (TPSA) is 76.3 Å². The maximum Gasteiger partial charge on any atom is 0.242 e. The van der Waals surface area contributed by atoms with Crippen molar-refractivity contribution < 1.29 is 12.8 Å². The Kier molecular flexibility index (Phi) is 5.22. The average Bonchev–Trinajstić information content (AvgIpc) is 3.07. The molecule has 0 aliphatic carbocycles. The molecule has 0 fully saturated rings. The molecule has 116 valence electrons. The molecular formula is C14H21N3O3S. The molecule has 0 atom stereocenters. The minimum absolute atomic E-state index is 0.219. The maximum absolute atomic E-state index is 12.2. The molecular weight excluding hydrogens is 290 g/mol. The Morgan fingerprint density at radius 3 is 2.81 bits per heavy atom. The first-order chi connectivity index (χ1) is 10.0. The summed E-state index contributed by atoms with van der Waals surface area (Å²) in [6.07, 6.45) is 5.71. The van der Waals surface area contributed by atoms with Crippen molar-refractivity contribution in [2.45, 2.75) is 31.3 Å². The third-order valence-corrected chi connectivity index (χ3v) is 4.54. The van der Waals surface area contributed by atoms with Gasteiger partial charge in [-0.15, -0.1) is 0 Å². The predicted molar refractivity (Wildman–Crippen MR) is 80.1 cm³/mol. The zero-order chi connectivity index (χ0) is 15.3. The number of sulfonamides is 1. The third-order valence-electron chi connectivity index (χ3n) is 3.17. The molecule has 2 heterocycles. The van der Waals surface area contributed by atoms with Gasteiger partial charge in [0.2, 0.25) is 10.0 Å². The molecule has 0 saturated carbocycles. The monoisotopic (exact) mass is 311 g/mol. The van der Waals surface area contributed by atoms with Gasteiger partial charge in [0, 0.05) is 37.6 Å². The van der Waals surface area contributed by atoms with Crippen LogP contribution in [0.5, 0.6) is 0 Å². The molecule has 0 aliphatic rings. The van der Waals surface area contributed by atoms with Crippen molar-refractivity contribution >= 4 is 10.0 Å². The van der Waals surface area contributed by atoms with Crippen LogP contribution in [0.2, 0.25) is 0 Å². The smallest absolute Gasteiger partial charge is 0.242 e. The van der Waals surface area contributed by atoms with Crippen LogP contribution in [-0.4, -0.2) is 19.5 Å². The molecule has 0 aliphatic heterocycles. The van der Waals surface area contributed by atoms with Crippen LogP contribution in [-0.2, 0) is 30.2 Å². The minimum atomic E-state index is -3.51. The van der Waals surface area contributed by atoms with E-state index in [0.29, 0.717) is 6.54 Å². The second-order valence-corrected chi connectivity index (χ2v) is 6.68. The number of rotatable bonds is 8. The van der Waals surface area contributed by atoms with Crippen LogP contribution in [0.1, 0.15) is 24.6 Å². The van der Waals surface area contributed by atoms with Crippen molar-refractivity contribution in [1.29, 1.82) is 0 Å². The van der Waals surface area contributed by atoms with Gasteiger partial charge in [-0.2, -0.15) is 0 Å². The SMILES string of the molecule is CCCNCc1cc(S(=O)(=O)NCc2ccoc2)cn1C. The third kappa shape index (κ3) is 4.20. The molecule has 6 nitrogen and oxygen atoms in total. The summed E-state index contributed by atoms with van der Waals surface area (Å²) in [6, 6.07) is 3.42. The van der Waals surface area contributed by atoms with E-state index in [1.807, 2.05) is 11.6 Å². The number of aromatic nitrogens is 1. The van der Waals surface area contributed by atoms with E-state index in [-0.39, 0.29) is 11.4 Å². The van der Waals surface area contributed by atoms with Crippen molar-refractivity contribution in [2.24, 2.45) is 7.05 Å². The summed E-state index contributed by atoms with van der Waals surface area (Å²) in [5.74, 6) is 0. The fourth-order valence-electron chi connectivity index (χ4n) is 1.95. The zero-order valence-corrected chi connectivity index (χ0v) is 13.1. The van der Waals surface area contributed by atoms with Crippen LogP contribution < -0.4 is 10.0 Å². The fraction of sp³-hybridized carbons (Fsp3) is 0.429. The number of aryl methyl sites for hydroxylation is 1. The highest BCUT2D eigenvalue weighted by Gasteiger charge is 2.17. The van der Waals surface area contributed by atoms with Gasteiger partial charge in [0.05, 0.1) is 17.4 Å². The molecule has 2 N–H and O–H groups in total. The summed E-state index contributed by atoms with van der Waals surface area (Å²) in [7, 11) is -1.66. The Hall–Kier alpha value is -1.57. The summed E-state index contributed by atoms with van der Waals surface area (Å²) in [6.45, 7) is 3.87. The fourth-order valence-corrected chi connectivity index (χ4v) is 3.06. The van der Waals surface area contributed by atoms with Crippen LogP contribution in [0.25, 0.3) is 0 Å². The van der Waals surface area contributed by atoms with E-state index >= 15 is 0 Å². The highest BCUT2D eigenvalue weighted by atomic mass is 32.2. The van der Waals surface area contributed by atoms with Crippen molar-refractivity contribution in [3.8, 4) is 0 Å². The van der Waals surface area contributed by atoms with Gasteiger partial charge >= 0.3 is 0 Å². The lowest BCUT2D eigenvalue weighted by molar-refractivity contribution is 0.561. The van der Waals surface area contributed by atoms with Crippen LogP contribution in [0.4, 0.5) is 0 Å². The minimum Gasteiger partial charge on any atom is -0.472 e. The predicted octanol–water partition coefficient (Wildman–Crippen LogP) is 1.60. The van der Waals surface area contributed by atoms with Crippen LogP contribution >= 0.6 is 0 Å². The van der Waals surface area contributed by atoms with Crippen molar-refractivity contribution in [1.82, 2.24) is 14.6 Å². The summed E-state index contributed by atoms with van der Waals surface area (Å²) in [5, 5.41) is 3.26. The van der Waals surface area contributed by atoms with Gasteiger partial charge in [0.25, 0.3) is 0 Å².